The monoisotopic (exact) mass is 381 g/mol. The van der Waals surface area contributed by atoms with Gasteiger partial charge in [0, 0.05) is 0 Å². The number of carbonyl (C=O) groups is 3. The van der Waals surface area contributed by atoms with Gasteiger partial charge in [-0.1, -0.05) is 45.0 Å². The van der Waals surface area contributed by atoms with E-state index in [2.05, 4.69) is 20.8 Å². The average molecular weight is 381 g/mol. The van der Waals surface area contributed by atoms with E-state index < -0.39 is 24.5 Å². The van der Waals surface area contributed by atoms with Gasteiger partial charge in [-0.15, -0.1) is 0 Å². The Balaban J connectivity index is 1.44. The van der Waals surface area contributed by atoms with Crippen LogP contribution in [0.15, 0.2) is 48.5 Å². The number of imide groups is 1. The standard InChI is InChI=1S/C22H23NO5/c1-22(2,3)15-8-10-16(11-9-15)27-13-12-19(24)28-14-23-20(25)17-6-4-5-7-18(17)21(23)26/h4-11H,12-14H2,1-3H3. The van der Waals surface area contributed by atoms with Gasteiger partial charge < -0.3 is 9.47 Å². The van der Waals surface area contributed by atoms with Gasteiger partial charge in [0.05, 0.1) is 24.2 Å². The third-order valence-electron chi connectivity index (χ3n) is 4.53. The number of fused-ring (bicyclic) bond motifs is 1. The van der Waals surface area contributed by atoms with Crippen LogP contribution in [0.1, 0.15) is 53.5 Å². The maximum atomic E-state index is 12.2. The summed E-state index contributed by atoms with van der Waals surface area (Å²) in [5, 5.41) is 0. The molecule has 1 aliphatic heterocycles. The Morgan fingerprint density at radius 1 is 0.929 bits per heavy atom. The molecule has 0 saturated carbocycles. The van der Waals surface area contributed by atoms with Crippen LogP contribution in [0, 0.1) is 0 Å². The van der Waals surface area contributed by atoms with Gasteiger partial charge in [-0.2, -0.15) is 0 Å². The van der Waals surface area contributed by atoms with Crippen molar-refractivity contribution < 1.29 is 23.9 Å². The topological polar surface area (TPSA) is 72.9 Å². The fourth-order valence-electron chi connectivity index (χ4n) is 2.87. The summed E-state index contributed by atoms with van der Waals surface area (Å²) in [6.45, 7) is 6.15. The summed E-state index contributed by atoms with van der Waals surface area (Å²) in [7, 11) is 0. The fraction of sp³-hybridized carbons (Fsp3) is 0.318. The molecule has 1 heterocycles. The zero-order chi connectivity index (χ0) is 20.3. The van der Waals surface area contributed by atoms with Crippen LogP contribution in [0.5, 0.6) is 5.75 Å². The SMILES string of the molecule is CC(C)(C)c1ccc(OCCC(=O)OCN2C(=O)c3ccccc3C2=O)cc1. The minimum Gasteiger partial charge on any atom is -0.493 e. The number of hydrogen-bond donors (Lipinski definition) is 0. The van der Waals surface area contributed by atoms with Gasteiger partial charge in [0.2, 0.25) is 0 Å². The molecule has 1 aliphatic rings. The second kappa shape index (κ2) is 7.84. The van der Waals surface area contributed by atoms with Gasteiger partial charge >= 0.3 is 5.97 Å². The molecule has 6 nitrogen and oxygen atoms in total. The highest BCUT2D eigenvalue weighted by molar-refractivity contribution is 6.21. The first-order valence-corrected chi connectivity index (χ1v) is 9.11. The molecule has 0 aliphatic carbocycles. The minimum atomic E-state index is -0.539. The van der Waals surface area contributed by atoms with Crippen LogP contribution in [0.4, 0.5) is 0 Å². The number of rotatable bonds is 6. The number of nitrogens with zero attached hydrogens (tertiary/aromatic N) is 1. The predicted octanol–water partition coefficient (Wildman–Crippen LogP) is 3.55. The second-order valence-electron chi connectivity index (χ2n) is 7.60. The first-order valence-electron chi connectivity index (χ1n) is 9.11. The molecule has 2 aromatic carbocycles. The highest BCUT2D eigenvalue weighted by Crippen LogP contribution is 2.24. The van der Waals surface area contributed by atoms with Crippen LogP contribution >= 0.6 is 0 Å². The smallest absolute Gasteiger partial charge is 0.310 e. The molecular weight excluding hydrogens is 358 g/mol. The van der Waals surface area contributed by atoms with Gasteiger partial charge in [-0.05, 0) is 35.2 Å². The van der Waals surface area contributed by atoms with Crippen LogP contribution in [0.3, 0.4) is 0 Å². The maximum Gasteiger partial charge on any atom is 0.310 e. The fourth-order valence-corrected chi connectivity index (χ4v) is 2.87. The molecule has 0 N–H and O–H groups in total. The van der Waals surface area contributed by atoms with Gasteiger partial charge in [-0.3, -0.25) is 14.4 Å². The first-order chi connectivity index (χ1) is 13.3. The van der Waals surface area contributed by atoms with Crippen molar-refractivity contribution in [2.45, 2.75) is 32.6 Å². The molecule has 0 aromatic heterocycles. The van der Waals surface area contributed by atoms with Gasteiger partial charge in [0.1, 0.15) is 5.75 Å². The van der Waals surface area contributed by atoms with Crippen molar-refractivity contribution in [2.24, 2.45) is 0 Å². The lowest BCUT2D eigenvalue weighted by molar-refractivity contribution is -0.146. The lowest BCUT2D eigenvalue weighted by atomic mass is 9.87. The molecule has 0 unspecified atom stereocenters. The Kier molecular flexibility index (Phi) is 5.49. The lowest BCUT2D eigenvalue weighted by Gasteiger charge is -2.19. The Hall–Kier alpha value is -3.15. The molecule has 2 aromatic rings. The second-order valence-corrected chi connectivity index (χ2v) is 7.60. The summed E-state index contributed by atoms with van der Waals surface area (Å²) >= 11 is 0. The maximum absolute atomic E-state index is 12.2. The molecule has 6 heteroatoms. The Labute approximate surface area is 164 Å². The van der Waals surface area contributed by atoms with E-state index in [1.165, 1.54) is 5.56 Å². The number of amides is 2. The Bertz CT molecular complexity index is 861. The molecule has 0 bridgehead atoms. The zero-order valence-corrected chi connectivity index (χ0v) is 16.2. The van der Waals surface area contributed by atoms with E-state index in [0.717, 1.165) is 4.90 Å². The van der Waals surface area contributed by atoms with E-state index in [-0.39, 0.29) is 18.4 Å². The summed E-state index contributed by atoms with van der Waals surface area (Å²) in [5.41, 5.74) is 1.91. The van der Waals surface area contributed by atoms with Crippen molar-refractivity contribution in [3.63, 3.8) is 0 Å². The molecule has 0 fully saturated rings. The number of carbonyl (C=O) groups excluding carboxylic acids is 3. The van der Waals surface area contributed by atoms with E-state index in [1.54, 1.807) is 24.3 Å². The Morgan fingerprint density at radius 2 is 1.50 bits per heavy atom. The van der Waals surface area contributed by atoms with Gasteiger partial charge in [0.25, 0.3) is 11.8 Å². The lowest BCUT2D eigenvalue weighted by Crippen LogP contribution is -2.33. The van der Waals surface area contributed by atoms with Crippen molar-refractivity contribution in [1.29, 1.82) is 0 Å². The largest absolute Gasteiger partial charge is 0.493 e. The number of benzene rings is 2. The van der Waals surface area contributed by atoms with Crippen molar-refractivity contribution in [1.82, 2.24) is 4.90 Å². The average Bonchev–Trinajstić information content (AvgIpc) is 2.91. The summed E-state index contributed by atoms with van der Waals surface area (Å²) < 4.78 is 10.6. The number of hydrogen-bond acceptors (Lipinski definition) is 5. The Morgan fingerprint density at radius 3 is 2.04 bits per heavy atom. The molecule has 0 radical (unpaired) electrons. The van der Waals surface area contributed by atoms with E-state index in [0.29, 0.717) is 16.9 Å². The molecule has 0 atom stereocenters. The quantitative estimate of drug-likeness (QED) is 0.565. The van der Waals surface area contributed by atoms with E-state index in [1.807, 2.05) is 24.3 Å². The van der Waals surface area contributed by atoms with E-state index >= 15 is 0 Å². The van der Waals surface area contributed by atoms with Crippen LogP contribution < -0.4 is 4.74 Å². The summed E-state index contributed by atoms with van der Waals surface area (Å²) in [6, 6.07) is 14.3. The highest BCUT2D eigenvalue weighted by Gasteiger charge is 2.35. The molecule has 2 amide bonds. The highest BCUT2D eigenvalue weighted by atomic mass is 16.5. The van der Waals surface area contributed by atoms with Crippen LogP contribution in [0.2, 0.25) is 0 Å². The normalized spacial score (nSPS) is 13.5. The van der Waals surface area contributed by atoms with Crippen molar-refractivity contribution >= 4 is 17.8 Å². The number of esters is 1. The third kappa shape index (κ3) is 4.22. The zero-order valence-electron chi connectivity index (χ0n) is 16.2. The first kappa shape index (κ1) is 19.6. The summed E-state index contributed by atoms with van der Waals surface area (Å²) in [6.07, 6.45) is 0.0180. The van der Waals surface area contributed by atoms with Gasteiger partial charge in [-0.25, -0.2) is 4.90 Å². The summed E-state index contributed by atoms with van der Waals surface area (Å²) in [4.78, 5) is 37.2. The summed E-state index contributed by atoms with van der Waals surface area (Å²) in [5.74, 6) is -0.781. The van der Waals surface area contributed by atoms with Crippen LogP contribution in [-0.4, -0.2) is 36.0 Å². The van der Waals surface area contributed by atoms with Gasteiger partial charge in [0.15, 0.2) is 6.73 Å². The molecule has 0 spiro atoms. The van der Waals surface area contributed by atoms with E-state index in [4.69, 9.17) is 9.47 Å². The molecule has 0 saturated heterocycles. The van der Waals surface area contributed by atoms with Crippen molar-refractivity contribution in [3.8, 4) is 5.75 Å². The molecule has 28 heavy (non-hydrogen) atoms. The molecule has 146 valence electrons. The van der Waals surface area contributed by atoms with Crippen LogP contribution in [-0.2, 0) is 14.9 Å². The minimum absolute atomic E-state index is 0.0180. The predicted molar refractivity (Wildman–Crippen MR) is 103 cm³/mol. The number of ether oxygens (including phenoxy) is 2. The molecule has 3 rings (SSSR count). The third-order valence-corrected chi connectivity index (χ3v) is 4.53. The van der Waals surface area contributed by atoms with Crippen molar-refractivity contribution in [3.05, 3.63) is 65.2 Å². The van der Waals surface area contributed by atoms with E-state index in [9.17, 15) is 14.4 Å². The van der Waals surface area contributed by atoms with Crippen LogP contribution in [0.25, 0.3) is 0 Å². The van der Waals surface area contributed by atoms with Crippen molar-refractivity contribution in [2.75, 3.05) is 13.3 Å². The molecular formula is C22H23NO5.